The fraction of sp³-hybridized carbons (Fsp3) is 0.143. The smallest absolute Gasteiger partial charge is 0.333 e. The minimum absolute atomic E-state index is 0.0778. The highest BCUT2D eigenvalue weighted by Crippen LogP contribution is 2.23. The van der Waals surface area contributed by atoms with Gasteiger partial charge in [-0.05, 0) is 17.7 Å². The van der Waals surface area contributed by atoms with E-state index in [0.717, 1.165) is 0 Å². The van der Waals surface area contributed by atoms with Crippen LogP contribution in [0.3, 0.4) is 0 Å². The minimum Gasteiger partial charge on any atom is -0.506 e. The lowest BCUT2D eigenvalue weighted by molar-refractivity contribution is 0.308. The lowest BCUT2D eigenvalue weighted by Gasteiger charge is -2.02. The normalized spacial score (nSPS) is 11.6. The van der Waals surface area contributed by atoms with E-state index < -0.39 is 10.3 Å². The van der Waals surface area contributed by atoms with Gasteiger partial charge in [-0.15, -0.1) is 0 Å². The van der Waals surface area contributed by atoms with Crippen LogP contribution < -0.4 is 5.14 Å². The minimum atomic E-state index is -3.95. The van der Waals surface area contributed by atoms with E-state index in [9.17, 15) is 8.42 Å². The summed E-state index contributed by atoms with van der Waals surface area (Å²) < 4.78 is 25.2. The van der Waals surface area contributed by atoms with Crippen molar-refractivity contribution in [1.82, 2.24) is 0 Å². The molecule has 14 heavy (non-hydrogen) atoms. The van der Waals surface area contributed by atoms with Crippen molar-refractivity contribution in [2.75, 3.05) is 0 Å². The summed E-state index contributed by atoms with van der Waals surface area (Å²) in [5.41, 5.74) is 0.502. The molecule has 3 N–H and O–H groups in total. The Kier molecular flexibility index (Phi) is 3.33. The molecule has 0 spiro atoms. The van der Waals surface area contributed by atoms with Crippen molar-refractivity contribution in [3.63, 3.8) is 0 Å². The molecule has 0 unspecified atom stereocenters. The molecule has 1 aromatic rings. The first kappa shape index (κ1) is 11.3. The monoisotopic (exact) mass is 237 g/mol. The van der Waals surface area contributed by atoms with Crippen LogP contribution in [0.4, 0.5) is 0 Å². The SMILES string of the molecule is NS(=O)(=O)OCc1ccc(O)c(Cl)c1. The first-order valence-corrected chi connectivity index (χ1v) is 5.38. The van der Waals surface area contributed by atoms with E-state index >= 15 is 0 Å². The summed E-state index contributed by atoms with van der Waals surface area (Å²) in [6, 6.07) is 4.21. The van der Waals surface area contributed by atoms with Crippen molar-refractivity contribution < 1.29 is 17.7 Å². The zero-order valence-corrected chi connectivity index (χ0v) is 8.55. The highest BCUT2D eigenvalue weighted by Gasteiger charge is 2.05. The number of phenols is 1. The molecule has 0 amide bonds. The van der Waals surface area contributed by atoms with E-state index in [1.807, 2.05) is 0 Å². The Hall–Kier alpha value is -0.820. The van der Waals surface area contributed by atoms with Gasteiger partial charge < -0.3 is 5.11 Å². The molecule has 0 aliphatic carbocycles. The van der Waals surface area contributed by atoms with E-state index in [4.69, 9.17) is 16.7 Å². The Bertz CT molecular complexity index is 431. The largest absolute Gasteiger partial charge is 0.506 e. The Labute approximate surface area is 86.3 Å². The third kappa shape index (κ3) is 3.51. The van der Waals surface area contributed by atoms with Crippen molar-refractivity contribution >= 4 is 21.9 Å². The second-order valence-electron chi connectivity index (χ2n) is 2.54. The van der Waals surface area contributed by atoms with E-state index in [0.29, 0.717) is 5.56 Å². The number of halogens is 1. The molecule has 1 aromatic carbocycles. The summed E-state index contributed by atoms with van der Waals surface area (Å²) in [6.07, 6.45) is 0. The number of benzene rings is 1. The molecule has 0 saturated heterocycles. The first-order valence-electron chi connectivity index (χ1n) is 3.53. The maximum atomic E-state index is 10.4. The average molecular weight is 238 g/mol. The molecule has 0 bridgehead atoms. The Balaban J connectivity index is 2.74. The molecule has 0 heterocycles. The summed E-state index contributed by atoms with van der Waals surface area (Å²) in [7, 11) is -3.95. The molecule has 5 nitrogen and oxygen atoms in total. The summed E-state index contributed by atoms with van der Waals surface area (Å²) in [5.74, 6) is -0.0778. The first-order chi connectivity index (χ1) is 6.38. The van der Waals surface area contributed by atoms with Gasteiger partial charge in [0.25, 0.3) is 0 Å². The lowest BCUT2D eigenvalue weighted by atomic mass is 10.2. The molecule has 0 fully saturated rings. The van der Waals surface area contributed by atoms with Gasteiger partial charge in [-0.2, -0.15) is 8.42 Å². The fourth-order valence-corrected chi connectivity index (χ4v) is 1.29. The molecule has 0 aromatic heterocycles. The van der Waals surface area contributed by atoms with Crippen LogP contribution in [0.2, 0.25) is 5.02 Å². The van der Waals surface area contributed by atoms with Crippen molar-refractivity contribution in [3.05, 3.63) is 28.8 Å². The van der Waals surface area contributed by atoms with E-state index in [2.05, 4.69) is 9.32 Å². The third-order valence-corrected chi connectivity index (χ3v) is 2.15. The zero-order valence-electron chi connectivity index (χ0n) is 6.97. The summed E-state index contributed by atoms with van der Waals surface area (Å²) >= 11 is 5.58. The Morgan fingerprint density at radius 1 is 1.50 bits per heavy atom. The van der Waals surface area contributed by atoms with Crippen LogP contribution in [-0.4, -0.2) is 13.5 Å². The van der Waals surface area contributed by atoms with Gasteiger partial charge in [0.2, 0.25) is 0 Å². The van der Waals surface area contributed by atoms with Gasteiger partial charge >= 0.3 is 10.3 Å². The van der Waals surface area contributed by atoms with Gasteiger partial charge in [-0.1, -0.05) is 17.7 Å². The molecule has 0 saturated carbocycles. The van der Waals surface area contributed by atoms with Crippen LogP contribution >= 0.6 is 11.6 Å². The molecular weight excluding hydrogens is 230 g/mol. The molecule has 0 atom stereocenters. The maximum Gasteiger partial charge on any atom is 0.333 e. The number of aromatic hydroxyl groups is 1. The van der Waals surface area contributed by atoms with Crippen LogP contribution in [-0.2, 0) is 21.1 Å². The van der Waals surface area contributed by atoms with Gasteiger partial charge in [-0.25, -0.2) is 5.14 Å². The predicted molar refractivity (Wildman–Crippen MR) is 51.0 cm³/mol. The van der Waals surface area contributed by atoms with Crippen LogP contribution in [0.15, 0.2) is 18.2 Å². The highest BCUT2D eigenvalue weighted by atomic mass is 35.5. The number of rotatable bonds is 3. The van der Waals surface area contributed by atoms with Crippen molar-refractivity contribution in [3.8, 4) is 5.75 Å². The topological polar surface area (TPSA) is 89.6 Å². The summed E-state index contributed by atoms with van der Waals surface area (Å²) in [4.78, 5) is 0. The van der Waals surface area contributed by atoms with E-state index in [1.165, 1.54) is 18.2 Å². The molecule has 0 radical (unpaired) electrons. The fourth-order valence-electron chi connectivity index (χ4n) is 0.790. The van der Waals surface area contributed by atoms with Gasteiger partial charge in [0.05, 0.1) is 11.6 Å². The molecular formula is C7H8ClNO4S. The van der Waals surface area contributed by atoms with Crippen molar-refractivity contribution in [1.29, 1.82) is 0 Å². The van der Waals surface area contributed by atoms with Crippen LogP contribution in [0, 0.1) is 0 Å². The number of nitrogens with two attached hydrogens (primary N) is 1. The maximum absolute atomic E-state index is 10.4. The predicted octanol–water partition coefficient (Wildman–Crippen LogP) is 0.766. The van der Waals surface area contributed by atoms with Crippen LogP contribution in [0.1, 0.15) is 5.56 Å². The zero-order chi connectivity index (χ0) is 10.8. The number of hydrogen-bond donors (Lipinski definition) is 2. The summed E-state index contributed by atoms with van der Waals surface area (Å²) in [6.45, 7) is -0.209. The van der Waals surface area contributed by atoms with Crippen LogP contribution in [0.5, 0.6) is 5.75 Å². The average Bonchev–Trinajstić information content (AvgIpc) is 2.06. The van der Waals surface area contributed by atoms with Crippen LogP contribution in [0.25, 0.3) is 0 Å². The molecule has 1 rings (SSSR count). The molecule has 0 aliphatic heterocycles. The highest BCUT2D eigenvalue weighted by molar-refractivity contribution is 7.84. The number of hydrogen-bond acceptors (Lipinski definition) is 4. The molecule has 78 valence electrons. The quantitative estimate of drug-likeness (QED) is 0.812. The number of phenolic OH excluding ortho intramolecular Hbond substituents is 1. The van der Waals surface area contributed by atoms with Gasteiger partial charge in [0.1, 0.15) is 5.75 Å². The van der Waals surface area contributed by atoms with E-state index in [-0.39, 0.29) is 17.4 Å². The second-order valence-corrected chi connectivity index (χ2v) is 4.17. The van der Waals surface area contributed by atoms with E-state index in [1.54, 1.807) is 0 Å². The van der Waals surface area contributed by atoms with Gasteiger partial charge in [0.15, 0.2) is 0 Å². The second kappa shape index (κ2) is 4.14. The van der Waals surface area contributed by atoms with Gasteiger partial charge in [-0.3, -0.25) is 4.18 Å². The Morgan fingerprint density at radius 3 is 2.64 bits per heavy atom. The Morgan fingerprint density at radius 2 is 2.14 bits per heavy atom. The standard InChI is InChI=1S/C7H8ClNO4S/c8-6-3-5(1-2-7(6)10)4-13-14(9,11)12/h1-3,10H,4H2,(H2,9,11,12). The van der Waals surface area contributed by atoms with Crippen molar-refractivity contribution in [2.24, 2.45) is 5.14 Å². The molecule has 0 aliphatic rings. The van der Waals surface area contributed by atoms with Crippen molar-refractivity contribution in [2.45, 2.75) is 6.61 Å². The lowest BCUT2D eigenvalue weighted by Crippen LogP contribution is -2.15. The third-order valence-electron chi connectivity index (χ3n) is 1.40. The summed E-state index contributed by atoms with van der Waals surface area (Å²) in [5, 5.41) is 13.8. The molecule has 7 heteroatoms. The van der Waals surface area contributed by atoms with Gasteiger partial charge in [0, 0.05) is 0 Å².